The summed E-state index contributed by atoms with van der Waals surface area (Å²) >= 11 is 0. The first kappa shape index (κ1) is 7.39. The molecule has 4 nitrogen and oxygen atoms in total. The molecule has 0 rings (SSSR count). The van der Waals surface area contributed by atoms with E-state index < -0.39 is 12.6 Å². The molecule has 0 aliphatic rings. The van der Waals surface area contributed by atoms with E-state index >= 15 is 0 Å². The molecule has 4 heteroatoms. The monoisotopic (exact) mass is 119 g/mol. The second-order valence-electron chi connectivity index (χ2n) is 1.17. The predicted molar refractivity (Wildman–Crippen MR) is 27.1 cm³/mol. The summed E-state index contributed by atoms with van der Waals surface area (Å²) in [7, 11) is 0. The minimum absolute atomic E-state index is 0.180. The van der Waals surface area contributed by atoms with Crippen LogP contribution in [0.3, 0.4) is 0 Å². The maximum absolute atomic E-state index is 10.0. The first-order valence-electron chi connectivity index (χ1n) is 2.27. The van der Waals surface area contributed by atoms with Crippen molar-refractivity contribution in [3.05, 3.63) is 0 Å². The lowest BCUT2D eigenvalue weighted by molar-refractivity contribution is -0.146. The Hall–Kier alpha value is -0.610. The van der Waals surface area contributed by atoms with Crippen molar-refractivity contribution in [2.75, 3.05) is 19.8 Å². The third-order valence-electron chi connectivity index (χ3n) is 0.510. The number of nitrogens with two attached hydrogens (primary N) is 1. The summed E-state index contributed by atoms with van der Waals surface area (Å²) in [6.45, 7) is -0.0921. The molecule has 3 N–H and O–H groups in total. The van der Waals surface area contributed by atoms with Crippen LogP contribution in [0.1, 0.15) is 0 Å². The van der Waals surface area contributed by atoms with E-state index in [1.807, 2.05) is 0 Å². The molecule has 0 aliphatic heterocycles. The molecule has 0 aromatic heterocycles. The molecule has 0 bridgehead atoms. The number of aliphatic hydroxyl groups excluding tert-OH is 1. The summed E-state index contributed by atoms with van der Waals surface area (Å²) in [6, 6.07) is 0. The number of carbonyl (C=O) groups is 1. The number of rotatable bonds is 3. The minimum Gasteiger partial charge on any atom is -0.463 e. The predicted octanol–water partition coefficient (Wildman–Crippen LogP) is -1.52. The highest BCUT2D eigenvalue weighted by Gasteiger charge is 1.94. The fraction of sp³-hybridized carbons (Fsp3) is 0.750. The van der Waals surface area contributed by atoms with Gasteiger partial charge in [0, 0.05) is 6.54 Å². The van der Waals surface area contributed by atoms with E-state index in [9.17, 15) is 4.79 Å². The highest BCUT2D eigenvalue weighted by atomic mass is 16.5. The van der Waals surface area contributed by atoms with E-state index in [1.54, 1.807) is 0 Å². The number of ether oxygens (including phenoxy) is 1. The van der Waals surface area contributed by atoms with Crippen LogP contribution >= 0.6 is 0 Å². The van der Waals surface area contributed by atoms with Crippen LogP contribution in [0.4, 0.5) is 0 Å². The normalized spacial score (nSPS) is 8.75. The molecule has 0 atom stereocenters. The standard InChI is InChI=1S/C4H9NO3/c5-1-2-8-4(7)3-6/h6H,1-3,5H2. The third kappa shape index (κ3) is 3.58. The van der Waals surface area contributed by atoms with Crippen molar-refractivity contribution < 1.29 is 14.6 Å². The van der Waals surface area contributed by atoms with Gasteiger partial charge >= 0.3 is 5.97 Å². The number of aliphatic hydroxyl groups is 1. The fourth-order valence-electron chi connectivity index (χ4n) is 0.218. The summed E-state index contributed by atoms with van der Waals surface area (Å²) in [5, 5.41) is 8.05. The molecule has 0 aliphatic carbocycles. The highest BCUT2D eigenvalue weighted by molar-refractivity contribution is 5.70. The van der Waals surface area contributed by atoms with Gasteiger partial charge in [-0.25, -0.2) is 4.79 Å². The molecule has 8 heavy (non-hydrogen) atoms. The SMILES string of the molecule is NCCOC(=O)CO. The van der Waals surface area contributed by atoms with Crippen molar-refractivity contribution in [2.24, 2.45) is 5.73 Å². The maximum Gasteiger partial charge on any atom is 0.331 e. The average molecular weight is 119 g/mol. The lowest BCUT2D eigenvalue weighted by Crippen LogP contribution is -2.15. The zero-order valence-corrected chi connectivity index (χ0v) is 4.46. The minimum atomic E-state index is -0.629. The molecule has 0 unspecified atom stereocenters. The Morgan fingerprint density at radius 3 is 2.75 bits per heavy atom. The van der Waals surface area contributed by atoms with E-state index in [0.29, 0.717) is 6.54 Å². The Morgan fingerprint density at radius 1 is 1.75 bits per heavy atom. The van der Waals surface area contributed by atoms with Crippen molar-refractivity contribution in [3.8, 4) is 0 Å². The van der Waals surface area contributed by atoms with Crippen molar-refractivity contribution in [3.63, 3.8) is 0 Å². The number of hydrogen-bond acceptors (Lipinski definition) is 4. The molecule has 0 heterocycles. The second-order valence-corrected chi connectivity index (χ2v) is 1.17. The summed E-state index contributed by atoms with van der Waals surface area (Å²) in [5.41, 5.74) is 4.97. The van der Waals surface area contributed by atoms with Crippen LogP contribution in [0, 0.1) is 0 Å². The summed E-state index contributed by atoms with van der Waals surface area (Å²) < 4.78 is 4.33. The molecule has 48 valence electrons. The summed E-state index contributed by atoms with van der Waals surface area (Å²) in [6.07, 6.45) is 0. The van der Waals surface area contributed by atoms with Gasteiger partial charge in [-0.15, -0.1) is 0 Å². The van der Waals surface area contributed by atoms with Crippen molar-refractivity contribution in [2.45, 2.75) is 0 Å². The Labute approximate surface area is 47.2 Å². The van der Waals surface area contributed by atoms with Gasteiger partial charge in [0.15, 0.2) is 0 Å². The van der Waals surface area contributed by atoms with Crippen LogP contribution in [-0.2, 0) is 9.53 Å². The van der Waals surface area contributed by atoms with Crippen molar-refractivity contribution in [1.82, 2.24) is 0 Å². The topological polar surface area (TPSA) is 72.5 Å². The van der Waals surface area contributed by atoms with Gasteiger partial charge in [0.05, 0.1) is 0 Å². The van der Waals surface area contributed by atoms with E-state index in [1.165, 1.54) is 0 Å². The lowest BCUT2D eigenvalue weighted by Gasteiger charge is -1.96. The molecule has 0 fully saturated rings. The van der Waals surface area contributed by atoms with Crippen LogP contribution in [0.5, 0.6) is 0 Å². The lowest BCUT2D eigenvalue weighted by atomic mass is 10.7. The molecular weight excluding hydrogens is 110 g/mol. The van der Waals surface area contributed by atoms with Gasteiger partial charge in [-0.2, -0.15) is 0 Å². The zero-order valence-electron chi connectivity index (χ0n) is 4.46. The molecule has 0 spiro atoms. The zero-order chi connectivity index (χ0) is 6.41. The van der Waals surface area contributed by atoms with Crippen LogP contribution < -0.4 is 5.73 Å². The molecule has 0 aromatic rings. The van der Waals surface area contributed by atoms with Crippen molar-refractivity contribution >= 4 is 5.97 Å². The first-order chi connectivity index (χ1) is 3.81. The van der Waals surface area contributed by atoms with Gasteiger partial charge in [0.1, 0.15) is 13.2 Å². The van der Waals surface area contributed by atoms with Gasteiger partial charge in [-0.05, 0) is 0 Å². The van der Waals surface area contributed by atoms with Crippen LogP contribution in [0.25, 0.3) is 0 Å². The molecule has 0 saturated carbocycles. The quantitative estimate of drug-likeness (QED) is 0.442. The van der Waals surface area contributed by atoms with Crippen molar-refractivity contribution in [1.29, 1.82) is 0 Å². The Morgan fingerprint density at radius 2 is 2.38 bits per heavy atom. The summed E-state index contributed by atoms with van der Waals surface area (Å²) in [5.74, 6) is -0.629. The Balaban J connectivity index is 2.99. The van der Waals surface area contributed by atoms with Gasteiger partial charge in [0.25, 0.3) is 0 Å². The Bertz CT molecular complexity index is 73.7. The maximum atomic E-state index is 10.0. The number of esters is 1. The van der Waals surface area contributed by atoms with Gasteiger partial charge in [0.2, 0.25) is 0 Å². The molecule has 0 saturated heterocycles. The van der Waals surface area contributed by atoms with Gasteiger partial charge in [-0.3, -0.25) is 0 Å². The molecule has 0 amide bonds. The highest BCUT2D eigenvalue weighted by Crippen LogP contribution is 1.71. The molecule has 0 aromatic carbocycles. The first-order valence-corrected chi connectivity index (χ1v) is 2.27. The number of carbonyl (C=O) groups excluding carboxylic acids is 1. The summed E-state index contributed by atoms with van der Waals surface area (Å²) in [4.78, 5) is 10.0. The van der Waals surface area contributed by atoms with E-state index in [4.69, 9.17) is 10.8 Å². The number of hydrogen-bond donors (Lipinski definition) is 2. The van der Waals surface area contributed by atoms with E-state index in [2.05, 4.69) is 4.74 Å². The van der Waals surface area contributed by atoms with E-state index in [-0.39, 0.29) is 6.61 Å². The van der Waals surface area contributed by atoms with E-state index in [0.717, 1.165) is 0 Å². The average Bonchev–Trinajstić information content (AvgIpc) is 1.83. The largest absolute Gasteiger partial charge is 0.463 e. The third-order valence-corrected chi connectivity index (χ3v) is 0.510. The smallest absolute Gasteiger partial charge is 0.331 e. The van der Waals surface area contributed by atoms with Crippen LogP contribution in [-0.4, -0.2) is 30.8 Å². The molecular formula is C4H9NO3. The van der Waals surface area contributed by atoms with Crippen LogP contribution in [0.15, 0.2) is 0 Å². The second kappa shape index (κ2) is 4.55. The van der Waals surface area contributed by atoms with Gasteiger partial charge < -0.3 is 15.6 Å². The Kier molecular flexibility index (Phi) is 4.20. The molecule has 0 radical (unpaired) electrons. The van der Waals surface area contributed by atoms with Gasteiger partial charge in [-0.1, -0.05) is 0 Å². The fourth-order valence-corrected chi connectivity index (χ4v) is 0.218. The van der Waals surface area contributed by atoms with Crippen LogP contribution in [0.2, 0.25) is 0 Å².